The van der Waals surface area contributed by atoms with Gasteiger partial charge in [0.25, 0.3) is 0 Å². The fourth-order valence-electron chi connectivity index (χ4n) is 4.67. The van der Waals surface area contributed by atoms with Crippen LogP contribution >= 0.6 is 35.0 Å². The zero-order valence-electron chi connectivity index (χ0n) is 18.2. The highest BCUT2D eigenvalue weighted by Crippen LogP contribution is 2.48. The van der Waals surface area contributed by atoms with Crippen molar-refractivity contribution in [1.82, 2.24) is 10.2 Å². The van der Waals surface area contributed by atoms with Gasteiger partial charge in [0.15, 0.2) is 5.17 Å². The number of benzene rings is 3. The van der Waals surface area contributed by atoms with Gasteiger partial charge in [-0.1, -0.05) is 89.6 Å². The van der Waals surface area contributed by atoms with Crippen molar-refractivity contribution in [2.24, 2.45) is 4.99 Å². The summed E-state index contributed by atoms with van der Waals surface area (Å²) >= 11 is 14.0. The maximum absolute atomic E-state index is 6.25. The largest absolute Gasteiger partial charge is 0.309 e. The van der Waals surface area contributed by atoms with Crippen LogP contribution in [0.3, 0.4) is 0 Å². The Bertz CT molecular complexity index is 1360. The Balaban J connectivity index is 1.49. The van der Waals surface area contributed by atoms with Crippen LogP contribution in [-0.2, 0) is 0 Å². The Hall–Kier alpha value is -2.76. The molecule has 6 rings (SSSR count). The summed E-state index contributed by atoms with van der Waals surface area (Å²) in [6.07, 6.45) is 2.21. The van der Waals surface area contributed by atoms with Gasteiger partial charge >= 0.3 is 0 Å². The van der Waals surface area contributed by atoms with Crippen molar-refractivity contribution >= 4 is 51.9 Å². The lowest BCUT2D eigenvalue weighted by Crippen LogP contribution is -2.40. The molecule has 3 heterocycles. The number of nitrogens with one attached hydrogen (secondary N) is 1. The van der Waals surface area contributed by atoms with E-state index in [9.17, 15) is 0 Å². The minimum Gasteiger partial charge on any atom is -0.309 e. The Kier molecular flexibility index (Phi) is 5.84. The van der Waals surface area contributed by atoms with Gasteiger partial charge < -0.3 is 10.2 Å². The third-order valence-corrected chi connectivity index (χ3v) is 7.59. The zero-order chi connectivity index (χ0) is 23.1. The van der Waals surface area contributed by atoms with Crippen molar-refractivity contribution < 1.29 is 0 Å². The quantitative estimate of drug-likeness (QED) is 0.405. The predicted molar refractivity (Wildman–Crippen MR) is 145 cm³/mol. The van der Waals surface area contributed by atoms with Gasteiger partial charge in [0.1, 0.15) is 0 Å². The van der Waals surface area contributed by atoms with Gasteiger partial charge in [-0.3, -0.25) is 0 Å². The minimum absolute atomic E-state index is 0.0302. The van der Waals surface area contributed by atoms with Crippen LogP contribution in [0.2, 0.25) is 10.0 Å². The molecule has 3 aliphatic rings. The highest BCUT2D eigenvalue weighted by Gasteiger charge is 2.40. The molecule has 0 fully saturated rings. The lowest BCUT2D eigenvalue weighted by Gasteiger charge is -2.40. The smallest absolute Gasteiger partial charge is 0.174 e. The van der Waals surface area contributed by atoms with E-state index in [0.717, 1.165) is 39.6 Å². The van der Waals surface area contributed by atoms with Gasteiger partial charge in [-0.15, -0.1) is 0 Å². The summed E-state index contributed by atoms with van der Waals surface area (Å²) in [5.41, 5.74) is 8.19. The molecule has 3 nitrogen and oxygen atoms in total. The van der Waals surface area contributed by atoms with E-state index < -0.39 is 0 Å². The summed E-state index contributed by atoms with van der Waals surface area (Å²) in [5, 5.41) is 8.30. The molecule has 1 N–H and O–H groups in total. The molecular weight excluding hydrogens is 481 g/mol. The van der Waals surface area contributed by atoms with E-state index in [1.54, 1.807) is 11.8 Å². The molecule has 0 radical (unpaired) electrons. The molecule has 0 aliphatic carbocycles. The summed E-state index contributed by atoms with van der Waals surface area (Å²) in [6, 6.07) is 26.7. The fourth-order valence-corrected chi connectivity index (χ4v) is 5.85. The van der Waals surface area contributed by atoms with Gasteiger partial charge in [0.05, 0.1) is 17.4 Å². The molecule has 3 aromatic carbocycles. The van der Waals surface area contributed by atoms with Gasteiger partial charge in [0, 0.05) is 28.5 Å². The van der Waals surface area contributed by atoms with E-state index in [1.165, 1.54) is 28.0 Å². The lowest BCUT2D eigenvalue weighted by molar-refractivity contribution is 0.462. The van der Waals surface area contributed by atoms with Gasteiger partial charge in [0.2, 0.25) is 0 Å². The minimum atomic E-state index is 0.0302. The van der Waals surface area contributed by atoms with Crippen LogP contribution in [0.15, 0.2) is 106 Å². The van der Waals surface area contributed by atoms with Gasteiger partial charge in [-0.05, 0) is 58.2 Å². The van der Waals surface area contributed by atoms with Crippen LogP contribution in [0, 0.1) is 0 Å². The van der Waals surface area contributed by atoms with E-state index in [4.69, 9.17) is 28.2 Å². The molecule has 34 heavy (non-hydrogen) atoms. The van der Waals surface area contributed by atoms with Crippen molar-refractivity contribution in [3.63, 3.8) is 0 Å². The molecule has 168 valence electrons. The molecule has 0 saturated heterocycles. The molecule has 0 saturated carbocycles. The summed E-state index contributed by atoms with van der Waals surface area (Å²) in [5.74, 6) is 0. The third-order valence-electron chi connectivity index (χ3n) is 6.24. The van der Waals surface area contributed by atoms with Gasteiger partial charge in [-0.25, -0.2) is 4.99 Å². The van der Waals surface area contributed by atoms with Crippen molar-refractivity contribution in [3.8, 4) is 0 Å². The van der Waals surface area contributed by atoms with Crippen molar-refractivity contribution in [2.75, 3.05) is 13.1 Å². The monoisotopic (exact) mass is 501 g/mol. The second kappa shape index (κ2) is 9.12. The van der Waals surface area contributed by atoms with Crippen molar-refractivity contribution in [1.29, 1.82) is 0 Å². The lowest BCUT2D eigenvalue weighted by atomic mass is 9.88. The second-order valence-corrected chi connectivity index (χ2v) is 10.1. The second-order valence-electron chi connectivity index (χ2n) is 8.40. The van der Waals surface area contributed by atoms with Crippen LogP contribution in [-0.4, -0.2) is 23.2 Å². The standard InChI is InChI=1S/C28H21Cl2N3S/c29-22-10-6-18(7-11-22)14-21-15-31-16-24-26(21)32-28-33(27(24)20-8-12-23(30)13-9-20)25(17-34-28)19-4-2-1-3-5-19/h1-14,17,27,31H,15-16H2/b21-14+. The van der Waals surface area contributed by atoms with E-state index in [-0.39, 0.29) is 6.04 Å². The molecule has 6 heteroatoms. The zero-order valence-corrected chi connectivity index (χ0v) is 20.5. The van der Waals surface area contributed by atoms with E-state index in [1.807, 2.05) is 42.5 Å². The number of rotatable bonds is 3. The molecule has 0 bridgehead atoms. The van der Waals surface area contributed by atoms with Crippen LogP contribution in [0.25, 0.3) is 11.8 Å². The topological polar surface area (TPSA) is 27.6 Å². The molecule has 3 aliphatic heterocycles. The van der Waals surface area contributed by atoms with E-state index in [2.05, 4.69) is 58.1 Å². The number of hydrogen-bond acceptors (Lipinski definition) is 4. The van der Waals surface area contributed by atoms with Crippen molar-refractivity contribution in [3.05, 3.63) is 128 Å². The molecule has 0 amide bonds. The van der Waals surface area contributed by atoms with Crippen molar-refractivity contribution in [2.45, 2.75) is 6.04 Å². The highest BCUT2D eigenvalue weighted by molar-refractivity contribution is 8.16. The average molecular weight is 502 g/mol. The third kappa shape index (κ3) is 4.01. The molecular formula is C28H21Cl2N3S. The van der Waals surface area contributed by atoms with Gasteiger partial charge in [-0.2, -0.15) is 0 Å². The Labute approximate surface area is 213 Å². The molecule has 0 aromatic heterocycles. The maximum Gasteiger partial charge on any atom is 0.174 e. The average Bonchev–Trinajstić information content (AvgIpc) is 3.29. The summed E-state index contributed by atoms with van der Waals surface area (Å²) < 4.78 is 0. The SMILES string of the molecule is Clc1ccc(/C=C2\CNCC3=C2N=C2SC=C(c4ccccc4)N2C3c2ccc(Cl)cc2)cc1. The number of amidine groups is 1. The summed E-state index contributed by atoms with van der Waals surface area (Å²) in [6.45, 7) is 1.55. The first-order valence-electron chi connectivity index (χ1n) is 11.1. The number of halogens is 2. The molecule has 1 unspecified atom stereocenters. The van der Waals surface area contributed by atoms with Crippen LogP contribution in [0.4, 0.5) is 0 Å². The Morgan fingerprint density at radius 2 is 1.59 bits per heavy atom. The first-order chi connectivity index (χ1) is 16.7. The Morgan fingerprint density at radius 3 is 2.32 bits per heavy atom. The van der Waals surface area contributed by atoms with Crippen LogP contribution in [0.5, 0.6) is 0 Å². The summed E-state index contributed by atoms with van der Waals surface area (Å²) in [4.78, 5) is 7.57. The van der Waals surface area contributed by atoms with E-state index in [0.29, 0.717) is 0 Å². The molecule has 1 atom stereocenters. The maximum atomic E-state index is 6.25. The predicted octanol–water partition coefficient (Wildman–Crippen LogP) is 7.39. The number of hydrogen-bond donors (Lipinski definition) is 1. The molecule has 0 spiro atoms. The van der Waals surface area contributed by atoms with Crippen LogP contribution in [0.1, 0.15) is 22.7 Å². The first kappa shape index (κ1) is 21.8. The normalized spacial score (nSPS) is 20.7. The van der Waals surface area contributed by atoms with Crippen LogP contribution < -0.4 is 5.32 Å². The summed E-state index contributed by atoms with van der Waals surface area (Å²) in [7, 11) is 0. The first-order valence-corrected chi connectivity index (χ1v) is 12.8. The number of fused-ring (bicyclic) bond motifs is 1. The number of nitrogens with zero attached hydrogens (tertiary/aromatic N) is 2. The van der Waals surface area contributed by atoms with E-state index >= 15 is 0 Å². The molecule has 3 aromatic rings. The number of aliphatic imine (C=N–C) groups is 1. The fraction of sp³-hybridized carbons (Fsp3) is 0.107. The highest BCUT2D eigenvalue weighted by atomic mass is 35.5. The Morgan fingerprint density at radius 1 is 0.882 bits per heavy atom. The number of thioether (sulfide) groups is 1.